The highest BCUT2D eigenvalue weighted by Crippen LogP contribution is 2.45. The van der Waals surface area contributed by atoms with Crippen LogP contribution in [-0.4, -0.2) is 16.9 Å². The van der Waals surface area contributed by atoms with Gasteiger partial charge in [-0.2, -0.15) is 0 Å². The third-order valence-electron chi connectivity index (χ3n) is 2.16. The fourth-order valence-corrected chi connectivity index (χ4v) is 2.24. The van der Waals surface area contributed by atoms with E-state index >= 15 is 0 Å². The van der Waals surface area contributed by atoms with Crippen LogP contribution in [0.5, 0.6) is 5.88 Å². The molecule has 0 unspecified atom stereocenters. The molecule has 1 heterocycles. The summed E-state index contributed by atoms with van der Waals surface area (Å²) in [6, 6.07) is 0. The van der Waals surface area contributed by atoms with Crippen LogP contribution in [-0.2, 0) is 7.05 Å². The third kappa shape index (κ3) is 1.14. The van der Waals surface area contributed by atoms with Gasteiger partial charge in [0.25, 0.3) is 0 Å². The SMILES string of the molecule is COc1nn(C)c(C2CC2)c1Br. The highest BCUT2D eigenvalue weighted by molar-refractivity contribution is 9.10. The molecule has 66 valence electrons. The highest BCUT2D eigenvalue weighted by Gasteiger charge is 2.30. The molecule has 0 bridgehead atoms. The fourth-order valence-electron chi connectivity index (χ4n) is 1.42. The predicted molar refractivity (Wildman–Crippen MR) is 49.4 cm³/mol. The van der Waals surface area contributed by atoms with Crippen LogP contribution in [0.15, 0.2) is 4.47 Å². The number of halogens is 1. The van der Waals surface area contributed by atoms with E-state index in [1.165, 1.54) is 18.5 Å². The van der Waals surface area contributed by atoms with Gasteiger partial charge in [-0.25, -0.2) is 0 Å². The van der Waals surface area contributed by atoms with E-state index in [1.54, 1.807) is 7.11 Å². The van der Waals surface area contributed by atoms with E-state index in [9.17, 15) is 0 Å². The van der Waals surface area contributed by atoms with Gasteiger partial charge in [0, 0.05) is 13.0 Å². The van der Waals surface area contributed by atoms with E-state index in [0.29, 0.717) is 11.8 Å². The molecule has 0 aliphatic heterocycles. The Morgan fingerprint density at radius 1 is 1.58 bits per heavy atom. The molecule has 0 aromatic carbocycles. The van der Waals surface area contributed by atoms with Crippen molar-refractivity contribution in [3.8, 4) is 5.88 Å². The number of rotatable bonds is 2. The molecule has 1 aromatic rings. The molecule has 12 heavy (non-hydrogen) atoms. The number of hydrogen-bond donors (Lipinski definition) is 0. The van der Waals surface area contributed by atoms with Crippen molar-refractivity contribution in [1.82, 2.24) is 9.78 Å². The van der Waals surface area contributed by atoms with Gasteiger partial charge in [0.05, 0.1) is 12.8 Å². The topological polar surface area (TPSA) is 27.1 Å². The van der Waals surface area contributed by atoms with Gasteiger partial charge in [-0.05, 0) is 28.8 Å². The molecule has 0 atom stereocenters. The molecular formula is C8H11BrN2O. The van der Waals surface area contributed by atoms with Crippen LogP contribution in [0.3, 0.4) is 0 Å². The Morgan fingerprint density at radius 2 is 2.25 bits per heavy atom. The van der Waals surface area contributed by atoms with E-state index in [4.69, 9.17) is 4.74 Å². The molecule has 1 fully saturated rings. The van der Waals surface area contributed by atoms with Gasteiger partial charge in [0.1, 0.15) is 4.47 Å². The first-order valence-electron chi connectivity index (χ1n) is 4.00. The van der Waals surface area contributed by atoms with Crippen LogP contribution in [0.1, 0.15) is 24.5 Å². The molecule has 1 saturated carbocycles. The Bertz CT molecular complexity index is 304. The van der Waals surface area contributed by atoms with E-state index in [2.05, 4.69) is 21.0 Å². The zero-order chi connectivity index (χ0) is 8.72. The first kappa shape index (κ1) is 8.10. The number of hydrogen-bond acceptors (Lipinski definition) is 2. The second-order valence-electron chi connectivity index (χ2n) is 3.11. The number of aryl methyl sites for hydroxylation is 1. The Kier molecular flexibility index (Phi) is 1.87. The average Bonchev–Trinajstić information content (AvgIpc) is 2.80. The first-order chi connectivity index (χ1) is 5.74. The van der Waals surface area contributed by atoms with E-state index in [-0.39, 0.29) is 0 Å². The normalized spacial score (nSPS) is 16.6. The van der Waals surface area contributed by atoms with Crippen molar-refractivity contribution in [3.05, 3.63) is 10.2 Å². The van der Waals surface area contributed by atoms with Crippen LogP contribution in [0.2, 0.25) is 0 Å². The van der Waals surface area contributed by atoms with E-state index in [0.717, 1.165) is 4.47 Å². The summed E-state index contributed by atoms with van der Waals surface area (Å²) < 4.78 is 8.03. The lowest BCUT2D eigenvalue weighted by atomic mass is 10.3. The molecular weight excluding hydrogens is 220 g/mol. The minimum Gasteiger partial charge on any atom is -0.479 e. The Balaban J connectivity index is 2.44. The van der Waals surface area contributed by atoms with Gasteiger partial charge in [-0.15, -0.1) is 5.10 Å². The zero-order valence-electron chi connectivity index (χ0n) is 7.17. The molecule has 0 radical (unpaired) electrons. The number of methoxy groups -OCH3 is 1. The molecule has 2 rings (SSSR count). The summed E-state index contributed by atoms with van der Waals surface area (Å²) in [6.07, 6.45) is 2.56. The number of aromatic nitrogens is 2. The van der Waals surface area contributed by atoms with E-state index in [1.807, 2.05) is 11.7 Å². The van der Waals surface area contributed by atoms with Crippen LogP contribution in [0.25, 0.3) is 0 Å². The molecule has 3 nitrogen and oxygen atoms in total. The monoisotopic (exact) mass is 230 g/mol. The van der Waals surface area contributed by atoms with Crippen LogP contribution in [0, 0.1) is 0 Å². The molecule has 1 aliphatic rings. The maximum atomic E-state index is 5.11. The van der Waals surface area contributed by atoms with Gasteiger partial charge in [0.2, 0.25) is 5.88 Å². The maximum absolute atomic E-state index is 5.11. The summed E-state index contributed by atoms with van der Waals surface area (Å²) >= 11 is 3.49. The Morgan fingerprint density at radius 3 is 2.67 bits per heavy atom. The summed E-state index contributed by atoms with van der Waals surface area (Å²) in [5, 5.41) is 4.24. The minimum atomic E-state index is 0.694. The van der Waals surface area contributed by atoms with Crippen molar-refractivity contribution in [3.63, 3.8) is 0 Å². The van der Waals surface area contributed by atoms with Crippen molar-refractivity contribution >= 4 is 15.9 Å². The third-order valence-corrected chi connectivity index (χ3v) is 2.90. The molecule has 0 amide bonds. The minimum absolute atomic E-state index is 0.694. The van der Waals surface area contributed by atoms with Crippen molar-refractivity contribution < 1.29 is 4.74 Å². The second-order valence-corrected chi connectivity index (χ2v) is 3.90. The number of ether oxygens (including phenoxy) is 1. The molecule has 4 heteroatoms. The summed E-state index contributed by atoms with van der Waals surface area (Å²) in [5.41, 5.74) is 1.27. The van der Waals surface area contributed by atoms with Gasteiger partial charge in [0.15, 0.2) is 0 Å². The summed E-state index contributed by atoms with van der Waals surface area (Å²) in [4.78, 5) is 0. The maximum Gasteiger partial charge on any atom is 0.247 e. The second kappa shape index (κ2) is 2.76. The molecule has 0 saturated heterocycles. The van der Waals surface area contributed by atoms with Crippen LogP contribution < -0.4 is 4.74 Å². The number of nitrogens with zero attached hydrogens (tertiary/aromatic N) is 2. The summed E-state index contributed by atoms with van der Waals surface area (Å²) in [5.74, 6) is 1.39. The van der Waals surface area contributed by atoms with Crippen molar-refractivity contribution in [1.29, 1.82) is 0 Å². The summed E-state index contributed by atoms with van der Waals surface area (Å²) in [7, 11) is 3.60. The first-order valence-corrected chi connectivity index (χ1v) is 4.79. The molecule has 1 aliphatic carbocycles. The van der Waals surface area contributed by atoms with Gasteiger partial charge in [-0.3, -0.25) is 4.68 Å². The van der Waals surface area contributed by atoms with Crippen molar-refractivity contribution in [2.24, 2.45) is 7.05 Å². The molecule has 0 N–H and O–H groups in total. The Hall–Kier alpha value is -0.510. The highest BCUT2D eigenvalue weighted by atomic mass is 79.9. The quantitative estimate of drug-likeness (QED) is 0.778. The summed E-state index contributed by atoms with van der Waals surface area (Å²) in [6.45, 7) is 0. The molecule has 0 spiro atoms. The lowest BCUT2D eigenvalue weighted by molar-refractivity contribution is 0.389. The van der Waals surface area contributed by atoms with Crippen LogP contribution in [0.4, 0.5) is 0 Å². The van der Waals surface area contributed by atoms with Crippen molar-refractivity contribution in [2.45, 2.75) is 18.8 Å². The Labute approximate surface area is 79.8 Å². The standard InChI is InChI=1S/C8H11BrN2O/c1-11-7(5-3-4-5)6(9)8(10-11)12-2/h5H,3-4H2,1-2H3. The average molecular weight is 231 g/mol. The zero-order valence-corrected chi connectivity index (χ0v) is 8.76. The largest absolute Gasteiger partial charge is 0.479 e. The lowest BCUT2D eigenvalue weighted by Crippen LogP contribution is -1.96. The van der Waals surface area contributed by atoms with Crippen molar-refractivity contribution in [2.75, 3.05) is 7.11 Å². The molecule has 1 aromatic heterocycles. The van der Waals surface area contributed by atoms with Gasteiger partial charge >= 0.3 is 0 Å². The smallest absolute Gasteiger partial charge is 0.247 e. The van der Waals surface area contributed by atoms with Gasteiger partial charge < -0.3 is 4.74 Å². The fraction of sp³-hybridized carbons (Fsp3) is 0.625. The lowest BCUT2D eigenvalue weighted by Gasteiger charge is -1.97. The van der Waals surface area contributed by atoms with E-state index < -0.39 is 0 Å². The van der Waals surface area contributed by atoms with Gasteiger partial charge in [-0.1, -0.05) is 0 Å². The van der Waals surface area contributed by atoms with Crippen LogP contribution >= 0.6 is 15.9 Å². The predicted octanol–water partition coefficient (Wildman–Crippen LogP) is 2.07.